The van der Waals surface area contributed by atoms with E-state index in [2.05, 4.69) is 46.6 Å². The number of carbonyl (C=O) groups excluding carboxylic acids is 1. The second kappa shape index (κ2) is 9.22. The van der Waals surface area contributed by atoms with Crippen LogP contribution in [0.5, 0.6) is 0 Å². The summed E-state index contributed by atoms with van der Waals surface area (Å²) in [5, 5.41) is 7.74. The molecule has 1 aliphatic heterocycles. The summed E-state index contributed by atoms with van der Waals surface area (Å²) in [6, 6.07) is 14.1. The molecule has 0 spiro atoms. The first-order chi connectivity index (χ1) is 14.6. The van der Waals surface area contributed by atoms with Crippen molar-refractivity contribution >= 4 is 22.6 Å². The summed E-state index contributed by atoms with van der Waals surface area (Å²) in [5.41, 5.74) is 3.82. The maximum Gasteiger partial charge on any atom is 0.253 e. The van der Waals surface area contributed by atoms with E-state index in [-0.39, 0.29) is 5.91 Å². The third kappa shape index (κ3) is 4.60. The fourth-order valence-corrected chi connectivity index (χ4v) is 3.71. The van der Waals surface area contributed by atoms with Crippen LogP contribution in [-0.4, -0.2) is 53.5 Å². The van der Waals surface area contributed by atoms with Gasteiger partial charge in [0.05, 0.1) is 5.52 Å². The number of aromatic nitrogens is 2. The van der Waals surface area contributed by atoms with Gasteiger partial charge in [-0.1, -0.05) is 32.0 Å². The smallest absolute Gasteiger partial charge is 0.253 e. The van der Waals surface area contributed by atoms with Gasteiger partial charge in [0.15, 0.2) is 0 Å². The fraction of sp³-hybridized carbons (Fsp3) is 0.375. The molecule has 0 radical (unpaired) electrons. The van der Waals surface area contributed by atoms with E-state index in [9.17, 15) is 4.79 Å². The molecular formula is C24H29N5O. The van der Waals surface area contributed by atoms with Crippen molar-refractivity contribution in [3.05, 3.63) is 54.4 Å². The number of hydrogen-bond acceptors (Lipinski definition) is 5. The lowest BCUT2D eigenvalue weighted by molar-refractivity contribution is 0.0736. The topological polar surface area (TPSA) is 70.2 Å². The maximum atomic E-state index is 12.7. The van der Waals surface area contributed by atoms with Crippen LogP contribution in [0.4, 0.5) is 5.82 Å². The Morgan fingerprint density at radius 1 is 1.07 bits per heavy atom. The highest BCUT2D eigenvalue weighted by atomic mass is 16.2. The summed E-state index contributed by atoms with van der Waals surface area (Å²) in [4.78, 5) is 23.5. The van der Waals surface area contributed by atoms with Crippen molar-refractivity contribution < 1.29 is 4.79 Å². The standard InChI is InChI=1S/C24H29N5O/c1-17(2)9-10-26-23-21-15-20(7-8-22(21)27-16-28-23)18-3-5-19(6-4-18)24(30)29-13-11-25-12-14-29/h3-8,15-17,25H,9-14H2,1-2H3,(H,26,27,28). The number of amides is 1. The molecular weight excluding hydrogens is 374 g/mol. The van der Waals surface area contributed by atoms with Crippen molar-refractivity contribution in [2.75, 3.05) is 38.0 Å². The minimum atomic E-state index is 0.103. The van der Waals surface area contributed by atoms with E-state index in [0.717, 1.165) is 72.6 Å². The summed E-state index contributed by atoms with van der Waals surface area (Å²) in [6.45, 7) is 8.56. The van der Waals surface area contributed by atoms with Gasteiger partial charge in [-0.2, -0.15) is 0 Å². The van der Waals surface area contributed by atoms with Crippen LogP contribution < -0.4 is 10.6 Å². The normalized spacial score (nSPS) is 14.3. The molecule has 1 aromatic heterocycles. The molecule has 2 aromatic carbocycles. The van der Waals surface area contributed by atoms with Crippen molar-refractivity contribution in [1.82, 2.24) is 20.2 Å². The number of fused-ring (bicyclic) bond motifs is 1. The SMILES string of the molecule is CC(C)CCNc1ncnc2ccc(-c3ccc(C(=O)N4CCNCC4)cc3)cc12. The third-order valence-electron chi connectivity index (χ3n) is 5.52. The zero-order valence-corrected chi connectivity index (χ0v) is 17.7. The van der Waals surface area contributed by atoms with E-state index < -0.39 is 0 Å². The van der Waals surface area contributed by atoms with Crippen molar-refractivity contribution in [3.63, 3.8) is 0 Å². The lowest BCUT2D eigenvalue weighted by Gasteiger charge is -2.27. The molecule has 0 unspecified atom stereocenters. The molecule has 0 saturated carbocycles. The molecule has 30 heavy (non-hydrogen) atoms. The van der Waals surface area contributed by atoms with Gasteiger partial charge in [-0.05, 0) is 47.7 Å². The molecule has 6 nitrogen and oxygen atoms in total. The highest BCUT2D eigenvalue weighted by Crippen LogP contribution is 2.27. The lowest BCUT2D eigenvalue weighted by Crippen LogP contribution is -2.46. The van der Waals surface area contributed by atoms with E-state index in [1.54, 1.807) is 6.33 Å². The number of anilines is 1. The molecule has 3 aromatic rings. The second-order valence-corrected chi connectivity index (χ2v) is 8.18. The van der Waals surface area contributed by atoms with E-state index in [1.165, 1.54) is 0 Å². The molecule has 1 aliphatic rings. The Hall–Kier alpha value is -2.99. The van der Waals surface area contributed by atoms with Crippen LogP contribution in [0.3, 0.4) is 0 Å². The van der Waals surface area contributed by atoms with E-state index in [0.29, 0.717) is 5.92 Å². The summed E-state index contributed by atoms with van der Waals surface area (Å²) >= 11 is 0. The largest absolute Gasteiger partial charge is 0.369 e. The Balaban J connectivity index is 1.55. The first-order valence-electron chi connectivity index (χ1n) is 10.7. The molecule has 1 amide bonds. The fourth-order valence-electron chi connectivity index (χ4n) is 3.71. The minimum Gasteiger partial charge on any atom is -0.369 e. The average Bonchev–Trinajstić information content (AvgIpc) is 2.79. The molecule has 0 bridgehead atoms. The van der Waals surface area contributed by atoms with Crippen LogP contribution in [0.2, 0.25) is 0 Å². The number of rotatable bonds is 6. The first kappa shape index (κ1) is 20.3. The minimum absolute atomic E-state index is 0.103. The van der Waals surface area contributed by atoms with Gasteiger partial charge in [0.25, 0.3) is 5.91 Å². The Kier molecular flexibility index (Phi) is 6.23. The number of benzene rings is 2. The van der Waals surface area contributed by atoms with E-state index in [1.807, 2.05) is 35.2 Å². The van der Waals surface area contributed by atoms with Crippen LogP contribution in [0.15, 0.2) is 48.8 Å². The maximum absolute atomic E-state index is 12.7. The zero-order chi connectivity index (χ0) is 20.9. The Bertz CT molecular complexity index is 1010. The zero-order valence-electron chi connectivity index (χ0n) is 17.7. The molecule has 0 atom stereocenters. The molecule has 2 heterocycles. The Morgan fingerprint density at radius 3 is 2.53 bits per heavy atom. The van der Waals surface area contributed by atoms with Crippen molar-refractivity contribution in [2.24, 2.45) is 5.92 Å². The van der Waals surface area contributed by atoms with Crippen molar-refractivity contribution in [2.45, 2.75) is 20.3 Å². The average molecular weight is 404 g/mol. The molecule has 2 N–H and O–H groups in total. The molecule has 0 aliphatic carbocycles. The lowest BCUT2D eigenvalue weighted by atomic mass is 10.0. The number of piperazine rings is 1. The van der Waals surface area contributed by atoms with Gasteiger partial charge in [0, 0.05) is 43.7 Å². The van der Waals surface area contributed by atoms with Gasteiger partial charge in [0.2, 0.25) is 0 Å². The summed E-state index contributed by atoms with van der Waals surface area (Å²) in [5.74, 6) is 1.61. The summed E-state index contributed by atoms with van der Waals surface area (Å²) in [6.07, 6.45) is 2.70. The van der Waals surface area contributed by atoms with Crippen molar-refractivity contribution in [3.8, 4) is 11.1 Å². The molecule has 1 fully saturated rings. The van der Waals surface area contributed by atoms with Gasteiger partial charge < -0.3 is 15.5 Å². The molecule has 6 heteroatoms. The van der Waals surface area contributed by atoms with Crippen LogP contribution in [0.25, 0.3) is 22.0 Å². The predicted octanol–water partition coefficient (Wildman–Crippen LogP) is 3.80. The molecule has 1 saturated heterocycles. The number of hydrogen-bond donors (Lipinski definition) is 2. The third-order valence-corrected chi connectivity index (χ3v) is 5.52. The van der Waals surface area contributed by atoms with Gasteiger partial charge in [0.1, 0.15) is 12.1 Å². The summed E-state index contributed by atoms with van der Waals surface area (Å²) < 4.78 is 0. The Labute approximate surface area is 177 Å². The number of nitrogens with zero attached hydrogens (tertiary/aromatic N) is 3. The van der Waals surface area contributed by atoms with Gasteiger partial charge in [-0.25, -0.2) is 9.97 Å². The highest BCUT2D eigenvalue weighted by molar-refractivity contribution is 5.95. The highest BCUT2D eigenvalue weighted by Gasteiger charge is 2.17. The second-order valence-electron chi connectivity index (χ2n) is 8.18. The predicted molar refractivity (Wildman–Crippen MR) is 122 cm³/mol. The van der Waals surface area contributed by atoms with Crippen LogP contribution >= 0.6 is 0 Å². The number of carbonyl (C=O) groups is 1. The number of nitrogens with one attached hydrogen (secondary N) is 2. The van der Waals surface area contributed by atoms with Crippen LogP contribution in [0.1, 0.15) is 30.6 Å². The van der Waals surface area contributed by atoms with Gasteiger partial charge >= 0.3 is 0 Å². The molecule has 4 rings (SSSR count). The Morgan fingerprint density at radius 2 is 1.80 bits per heavy atom. The van der Waals surface area contributed by atoms with Gasteiger partial charge in [-0.3, -0.25) is 4.79 Å². The monoisotopic (exact) mass is 403 g/mol. The van der Waals surface area contributed by atoms with Crippen LogP contribution in [0, 0.1) is 5.92 Å². The quantitative estimate of drug-likeness (QED) is 0.655. The van der Waals surface area contributed by atoms with Crippen LogP contribution in [-0.2, 0) is 0 Å². The van der Waals surface area contributed by atoms with Gasteiger partial charge in [-0.15, -0.1) is 0 Å². The van der Waals surface area contributed by atoms with Crippen molar-refractivity contribution in [1.29, 1.82) is 0 Å². The van der Waals surface area contributed by atoms with E-state index >= 15 is 0 Å². The molecule has 156 valence electrons. The van der Waals surface area contributed by atoms with E-state index in [4.69, 9.17) is 0 Å². The summed E-state index contributed by atoms with van der Waals surface area (Å²) in [7, 11) is 0. The first-order valence-corrected chi connectivity index (χ1v) is 10.7.